The van der Waals surface area contributed by atoms with Crippen LogP contribution in [0.1, 0.15) is 69.8 Å². The highest BCUT2D eigenvalue weighted by atomic mass is 16.5. The van der Waals surface area contributed by atoms with Gasteiger partial charge < -0.3 is 31.0 Å². The molecule has 10 nitrogen and oxygen atoms in total. The molecule has 2 aromatic carbocycles. The summed E-state index contributed by atoms with van der Waals surface area (Å²) in [6.07, 6.45) is 3.57. The predicted octanol–water partition coefficient (Wildman–Crippen LogP) is 2.80. The number of benzene rings is 2. The van der Waals surface area contributed by atoms with Crippen LogP contribution in [-0.2, 0) is 22.6 Å². The maximum Gasteiger partial charge on any atom is 0.167 e. The van der Waals surface area contributed by atoms with E-state index in [4.69, 9.17) is 4.74 Å². The van der Waals surface area contributed by atoms with Crippen molar-refractivity contribution in [3.8, 4) is 22.6 Å². The highest BCUT2D eigenvalue weighted by Crippen LogP contribution is 2.42. The van der Waals surface area contributed by atoms with Crippen LogP contribution in [0.15, 0.2) is 30.3 Å². The molecule has 7 N–H and O–H groups in total. The van der Waals surface area contributed by atoms with Crippen LogP contribution in [0.25, 0.3) is 11.1 Å². The van der Waals surface area contributed by atoms with Crippen molar-refractivity contribution < 1.29 is 48.2 Å². The van der Waals surface area contributed by atoms with Crippen LogP contribution in [0.3, 0.4) is 0 Å². The summed E-state index contributed by atoms with van der Waals surface area (Å²) in [6.45, 7) is 3.65. The second-order valence-corrected chi connectivity index (χ2v) is 11.3. The number of aliphatic hydroxyl groups is 2. The molecule has 0 saturated carbocycles. The fourth-order valence-electron chi connectivity index (χ4n) is 6.54. The third-order valence-corrected chi connectivity index (χ3v) is 8.46. The van der Waals surface area contributed by atoms with Crippen molar-refractivity contribution in [1.82, 2.24) is 4.90 Å². The second-order valence-electron chi connectivity index (χ2n) is 11.3. The third kappa shape index (κ3) is 8.02. The first-order valence-corrected chi connectivity index (χ1v) is 14.3. The molecule has 10 heteroatoms. The molecular formula is C32H49NO9. The molecule has 1 aliphatic carbocycles. The number of carbonyl (C=O) groups excluding carboxylic acids is 3. The van der Waals surface area contributed by atoms with Crippen LogP contribution >= 0.6 is 0 Å². The minimum Gasteiger partial charge on any atom is -0.507 e. The van der Waals surface area contributed by atoms with E-state index in [1.54, 1.807) is 13.2 Å². The molecule has 2 aromatic rings. The molecule has 42 heavy (non-hydrogen) atoms. The largest absolute Gasteiger partial charge is 0.507 e. The lowest BCUT2D eigenvalue weighted by Gasteiger charge is -2.32. The highest BCUT2D eigenvalue weighted by molar-refractivity contribution is 6.03. The van der Waals surface area contributed by atoms with E-state index in [1.165, 1.54) is 19.8 Å². The number of methoxy groups -OCH3 is 1. The summed E-state index contributed by atoms with van der Waals surface area (Å²) in [5.41, 5.74) is 4.01. The molecule has 0 radical (unpaired) electrons. The number of aliphatic hydroxyl groups excluding tert-OH is 2. The van der Waals surface area contributed by atoms with E-state index in [2.05, 4.69) is 11.0 Å². The highest BCUT2D eigenvalue weighted by Gasteiger charge is 2.35. The lowest BCUT2D eigenvalue weighted by molar-refractivity contribution is -0.131. The smallest absolute Gasteiger partial charge is 0.167 e. The number of ketones is 3. The quantitative estimate of drug-likeness (QED) is 0.297. The average molecular weight is 592 g/mol. The average Bonchev–Trinajstić information content (AvgIpc) is 3.42. The van der Waals surface area contributed by atoms with Gasteiger partial charge in [-0.05, 0) is 98.8 Å². The van der Waals surface area contributed by atoms with Crippen molar-refractivity contribution in [3.05, 3.63) is 47.0 Å². The molecule has 1 heterocycles. The molecule has 0 aromatic heterocycles. The zero-order valence-electron chi connectivity index (χ0n) is 24.5. The van der Waals surface area contributed by atoms with Crippen LogP contribution in [0.2, 0.25) is 0 Å². The van der Waals surface area contributed by atoms with Crippen molar-refractivity contribution >= 4 is 17.3 Å². The van der Waals surface area contributed by atoms with Gasteiger partial charge in [0.15, 0.2) is 5.78 Å². The Kier molecular flexibility index (Phi) is 13.3. The van der Waals surface area contributed by atoms with Crippen LogP contribution < -0.4 is 4.74 Å². The first-order valence-electron chi connectivity index (χ1n) is 14.3. The fraction of sp³-hybridized carbons (Fsp3) is 0.531. The zero-order valence-corrected chi connectivity index (χ0v) is 24.5. The van der Waals surface area contributed by atoms with Crippen LogP contribution in [-0.4, -0.2) is 81.9 Å². The summed E-state index contributed by atoms with van der Waals surface area (Å²) >= 11 is 0. The molecule has 3 unspecified atom stereocenters. The molecular weight excluding hydrogens is 542 g/mol. The normalized spacial score (nSPS) is 17.9. The number of aromatic hydroxyl groups is 1. The molecule has 3 atom stereocenters. The maximum atomic E-state index is 13.4. The minimum atomic E-state index is -0.772. The van der Waals surface area contributed by atoms with Crippen molar-refractivity contribution in [2.45, 2.75) is 58.4 Å². The van der Waals surface area contributed by atoms with Gasteiger partial charge in [-0.25, -0.2) is 0 Å². The maximum absolute atomic E-state index is 13.4. The summed E-state index contributed by atoms with van der Waals surface area (Å²) in [5, 5.41) is 30.4. The Hall–Kier alpha value is -3.15. The van der Waals surface area contributed by atoms with Crippen molar-refractivity contribution in [3.63, 3.8) is 0 Å². The zero-order chi connectivity index (χ0) is 28.8. The van der Waals surface area contributed by atoms with E-state index in [-0.39, 0.29) is 74.6 Å². The minimum absolute atomic E-state index is 0. The van der Waals surface area contributed by atoms with Gasteiger partial charge in [0.2, 0.25) is 0 Å². The lowest BCUT2D eigenvalue weighted by atomic mass is 9.72. The molecule has 2 aliphatic rings. The third-order valence-electron chi connectivity index (χ3n) is 8.46. The van der Waals surface area contributed by atoms with Gasteiger partial charge in [-0.15, -0.1) is 0 Å². The van der Waals surface area contributed by atoms with E-state index in [1.807, 2.05) is 18.2 Å². The van der Waals surface area contributed by atoms with Gasteiger partial charge in [-0.2, -0.15) is 0 Å². The number of rotatable bonds is 13. The summed E-state index contributed by atoms with van der Waals surface area (Å²) in [6, 6.07) is 9.46. The number of phenolic OH excluding ortho intramolecular Hbond substituents is 1. The number of ether oxygens (including phenoxy) is 1. The number of hydrogen-bond donors (Lipinski definition) is 3. The Morgan fingerprint density at radius 3 is 2.43 bits per heavy atom. The van der Waals surface area contributed by atoms with Gasteiger partial charge in [0.25, 0.3) is 0 Å². The summed E-state index contributed by atoms with van der Waals surface area (Å²) < 4.78 is 5.65. The number of fused-ring (bicyclic) bond motifs is 1. The van der Waals surface area contributed by atoms with Gasteiger partial charge >= 0.3 is 0 Å². The number of carbonyl (C=O) groups is 3. The van der Waals surface area contributed by atoms with Gasteiger partial charge in [-0.3, -0.25) is 19.3 Å². The molecule has 4 rings (SSSR count). The lowest BCUT2D eigenvalue weighted by Crippen LogP contribution is -2.32. The number of hydrogen-bond acceptors (Lipinski definition) is 8. The predicted molar refractivity (Wildman–Crippen MR) is 163 cm³/mol. The molecule has 0 spiro atoms. The number of Topliss-reactive ketones (excluding diaryl/α,β-unsaturated/α-hetero) is 3. The SMILES string of the molecule is COc1ccc(-c2ccc(O)c3c2CC(CC(CCO)C(CO)C(=O)CC(C)=O)CC3=O)cc1CN1CCCC1.O.O.[HH].[HH]. The van der Waals surface area contributed by atoms with Crippen LogP contribution in [0.4, 0.5) is 0 Å². The standard InChI is InChI=1S/C32H41NO7.2H2O.2H2/c1-20(36)13-29(38)27(19-35)23(9-12-34)14-21-15-26-25(6-7-28(37)32(26)30(39)16-21)22-5-8-31(40-2)24(17-22)18-33-10-3-4-11-33;;;;/h5-8,17,21,23,27,34-35,37H,3-4,9-16,18-19H2,1-2H3;2*1H2;2*1H. The van der Waals surface area contributed by atoms with Gasteiger partial charge in [0.1, 0.15) is 23.1 Å². The van der Waals surface area contributed by atoms with E-state index in [0.29, 0.717) is 18.4 Å². The molecule has 1 fully saturated rings. The molecule has 1 aliphatic heterocycles. The van der Waals surface area contributed by atoms with Gasteiger partial charge in [0.05, 0.1) is 25.7 Å². The van der Waals surface area contributed by atoms with E-state index >= 15 is 0 Å². The summed E-state index contributed by atoms with van der Waals surface area (Å²) in [4.78, 5) is 40.0. The first-order chi connectivity index (χ1) is 19.2. The van der Waals surface area contributed by atoms with E-state index < -0.39 is 12.5 Å². The van der Waals surface area contributed by atoms with Crippen molar-refractivity contribution in [1.29, 1.82) is 0 Å². The number of phenols is 1. The Labute approximate surface area is 249 Å². The van der Waals surface area contributed by atoms with Gasteiger partial charge in [0, 0.05) is 33.9 Å². The Morgan fingerprint density at radius 1 is 1.10 bits per heavy atom. The number of likely N-dealkylation sites (tertiary alicyclic amines) is 1. The van der Waals surface area contributed by atoms with Crippen LogP contribution in [0, 0.1) is 17.8 Å². The molecule has 236 valence electrons. The molecule has 0 bridgehead atoms. The Morgan fingerprint density at radius 2 is 1.81 bits per heavy atom. The van der Waals surface area contributed by atoms with Crippen molar-refractivity contribution in [2.75, 3.05) is 33.4 Å². The molecule has 0 amide bonds. The summed E-state index contributed by atoms with van der Waals surface area (Å²) in [7, 11) is 1.66. The number of nitrogens with zero attached hydrogens (tertiary/aromatic N) is 1. The van der Waals surface area contributed by atoms with Crippen molar-refractivity contribution in [2.24, 2.45) is 17.8 Å². The Bertz CT molecular complexity index is 1250. The molecule has 1 saturated heterocycles. The van der Waals surface area contributed by atoms with E-state index in [9.17, 15) is 29.7 Å². The monoisotopic (exact) mass is 591 g/mol. The summed E-state index contributed by atoms with van der Waals surface area (Å²) in [5.74, 6) is -1.26. The fourth-order valence-corrected chi connectivity index (χ4v) is 6.54. The Balaban J connectivity index is 0.00000462. The second kappa shape index (κ2) is 15.9. The first kappa shape index (κ1) is 35.0. The van der Waals surface area contributed by atoms with Crippen LogP contribution in [0.5, 0.6) is 11.5 Å². The van der Waals surface area contributed by atoms with E-state index in [0.717, 1.165) is 47.6 Å². The topological polar surface area (TPSA) is 187 Å². The van der Waals surface area contributed by atoms with Gasteiger partial charge in [-0.1, -0.05) is 12.1 Å².